The number of hydrogen-bond donors (Lipinski definition) is 2. The molecule has 0 aliphatic rings. The Morgan fingerprint density at radius 2 is 1.84 bits per heavy atom. The summed E-state index contributed by atoms with van der Waals surface area (Å²) in [6.07, 6.45) is 0.276. The molecule has 7 nitrogen and oxygen atoms in total. The predicted octanol–water partition coefficient (Wildman–Crippen LogP) is 1.88. The second-order valence-corrected chi connectivity index (χ2v) is 6.35. The molecular weight excluding hydrogens is 326 g/mol. The molecule has 0 bridgehead atoms. The van der Waals surface area contributed by atoms with E-state index >= 15 is 0 Å². The molecular formula is C18H27NO6. The van der Waals surface area contributed by atoms with Crippen LogP contribution in [0.3, 0.4) is 0 Å². The molecule has 140 valence electrons. The van der Waals surface area contributed by atoms with Crippen molar-refractivity contribution in [3.8, 4) is 11.5 Å². The van der Waals surface area contributed by atoms with Crippen LogP contribution in [0.1, 0.15) is 25.8 Å². The van der Waals surface area contributed by atoms with Gasteiger partial charge in [0.05, 0.1) is 32.8 Å². The van der Waals surface area contributed by atoms with E-state index in [1.165, 1.54) is 7.11 Å². The summed E-state index contributed by atoms with van der Waals surface area (Å²) in [5.74, 6) is -0.341. The lowest BCUT2D eigenvalue weighted by atomic mass is 9.95. The highest BCUT2D eigenvalue weighted by Crippen LogP contribution is 2.28. The van der Waals surface area contributed by atoms with Crippen molar-refractivity contribution in [2.24, 2.45) is 5.92 Å². The van der Waals surface area contributed by atoms with Gasteiger partial charge in [0.25, 0.3) is 0 Å². The first-order valence-electron chi connectivity index (χ1n) is 7.98. The van der Waals surface area contributed by atoms with Crippen molar-refractivity contribution < 1.29 is 28.9 Å². The normalized spacial score (nSPS) is 14.3. The Morgan fingerprint density at radius 3 is 2.36 bits per heavy atom. The van der Waals surface area contributed by atoms with E-state index in [1.54, 1.807) is 34.1 Å². The summed E-state index contributed by atoms with van der Waals surface area (Å²) in [6, 6.07) is 5.49. The van der Waals surface area contributed by atoms with Crippen LogP contribution in [0.4, 0.5) is 0 Å². The average Bonchev–Trinajstić information content (AvgIpc) is 2.53. The zero-order valence-corrected chi connectivity index (χ0v) is 15.4. The Hall–Kier alpha value is -2.28. The minimum Gasteiger partial charge on any atom is -0.493 e. The summed E-state index contributed by atoms with van der Waals surface area (Å²) in [7, 11) is 4.59. The maximum Gasteiger partial charge on any atom is 0.305 e. The molecule has 0 radical (unpaired) electrons. The molecule has 0 aromatic heterocycles. The third-order valence-corrected chi connectivity index (χ3v) is 3.87. The molecule has 0 saturated heterocycles. The standard InChI is InChI=1S/C18H27NO6/c1-12(8-13-6-7-14(24-4)15(9-13)25-5)17(22)19-18(2,11-23-3)10-16(20)21/h6-7,9,12H,8,10-11H2,1-5H3,(H,19,22)(H,20,21). The average molecular weight is 353 g/mol. The highest BCUT2D eigenvalue weighted by atomic mass is 16.5. The SMILES string of the molecule is COCC(C)(CC(=O)O)NC(=O)C(C)Cc1ccc(OC)c(OC)c1. The van der Waals surface area contributed by atoms with Crippen LogP contribution in [0.25, 0.3) is 0 Å². The summed E-state index contributed by atoms with van der Waals surface area (Å²) >= 11 is 0. The fourth-order valence-corrected chi connectivity index (χ4v) is 2.66. The second-order valence-electron chi connectivity index (χ2n) is 6.35. The van der Waals surface area contributed by atoms with Gasteiger partial charge in [0.2, 0.25) is 5.91 Å². The van der Waals surface area contributed by atoms with E-state index in [0.29, 0.717) is 17.9 Å². The summed E-state index contributed by atoms with van der Waals surface area (Å²) in [6.45, 7) is 3.57. The molecule has 1 aromatic rings. The van der Waals surface area contributed by atoms with Gasteiger partial charge in [-0.1, -0.05) is 13.0 Å². The molecule has 1 rings (SSSR count). The van der Waals surface area contributed by atoms with Crippen LogP contribution in [-0.2, 0) is 20.7 Å². The van der Waals surface area contributed by atoms with Crippen LogP contribution in [0.2, 0.25) is 0 Å². The lowest BCUT2D eigenvalue weighted by Gasteiger charge is -2.30. The first-order chi connectivity index (χ1) is 11.7. The van der Waals surface area contributed by atoms with Crippen molar-refractivity contribution in [3.63, 3.8) is 0 Å². The highest BCUT2D eigenvalue weighted by Gasteiger charge is 2.31. The highest BCUT2D eigenvalue weighted by molar-refractivity contribution is 5.80. The molecule has 1 aromatic carbocycles. The van der Waals surface area contributed by atoms with E-state index in [9.17, 15) is 9.59 Å². The number of amides is 1. The van der Waals surface area contributed by atoms with Crippen LogP contribution in [0.5, 0.6) is 11.5 Å². The molecule has 0 spiro atoms. The molecule has 7 heteroatoms. The minimum atomic E-state index is -0.993. The van der Waals surface area contributed by atoms with Crippen LogP contribution < -0.4 is 14.8 Å². The monoisotopic (exact) mass is 353 g/mol. The largest absolute Gasteiger partial charge is 0.493 e. The molecule has 2 N–H and O–H groups in total. The van der Waals surface area contributed by atoms with E-state index in [2.05, 4.69) is 5.32 Å². The summed E-state index contributed by atoms with van der Waals surface area (Å²) in [5, 5.41) is 11.8. The molecule has 2 unspecified atom stereocenters. The van der Waals surface area contributed by atoms with Crippen LogP contribution >= 0.6 is 0 Å². The van der Waals surface area contributed by atoms with Gasteiger partial charge in [-0.15, -0.1) is 0 Å². The van der Waals surface area contributed by atoms with Gasteiger partial charge in [0.15, 0.2) is 11.5 Å². The number of methoxy groups -OCH3 is 3. The van der Waals surface area contributed by atoms with Crippen molar-refractivity contribution in [1.82, 2.24) is 5.32 Å². The molecule has 2 atom stereocenters. The van der Waals surface area contributed by atoms with Gasteiger partial charge in [-0.2, -0.15) is 0 Å². The van der Waals surface area contributed by atoms with Gasteiger partial charge >= 0.3 is 5.97 Å². The molecule has 0 fully saturated rings. The van der Waals surface area contributed by atoms with Gasteiger partial charge in [-0.25, -0.2) is 0 Å². The quantitative estimate of drug-likeness (QED) is 0.667. The molecule has 1 amide bonds. The predicted molar refractivity (Wildman–Crippen MR) is 93.1 cm³/mol. The fraction of sp³-hybridized carbons (Fsp3) is 0.556. The van der Waals surface area contributed by atoms with Crippen molar-refractivity contribution >= 4 is 11.9 Å². The number of benzene rings is 1. The molecule has 0 aliphatic carbocycles. The maximum absolute atomic E-state index is 12.5. The number of rotatable bonds is 10. The molecule has 0 aliphatic heterocycles. The van der Waals surface area contributed by atoms with Gasteiger partial charge in [0, 0.05) is 13.0 Å². The van der Waals surface area contributed by atoms with E-state index < -0.39 is 11.5 Å². The fourth-order valence-electron chi connectivity index (χ4n) is 2.66. The lowest BCUT2D eigenvalue weighted by molar-refractivity contribution is -0.140. The zero-order valence-electron chi connectivity index (χ0n) is 15.4. The van der Waals surface area contributed by atoms with Crippen LogP contribution in [0.15, 0.2) is 18.2 Å². The lowest BCUT2D eigenvalue weighted by Crippen LogP contribution is -2.52. The minimum absolute atomic E-state index is 0.119. The Balaban J connectivity index is 2.80. The van der Waals surface area contributed by atoms with E-state index in [0.717, 1.165) is 5.56 Å². The number of carboxylic acids is 1. The summed E-state index contributed by atoms with van der Waals surface area (Å²) in [4.78, 5) is 23.5. The number of ether oxygens (including phenoxy) is 3. The Morgan fingerprint density at radius 1 is 1.20 bits per heavy atom. The van der Waals surface area contributed by atoms with E-state index in [-0.39, 0.29) is 24.9 Å². The van der Waals surface area contributed by atoms with Crippen molar-refractivity contribution in [1.29, 1.82) is 0 Å². The number of aliphatic carboxylic acids is 1. The molecule has 0 heterocycles. The van der Waals surface area contributed by atoms with Crippen LogP contribution in [-0.4, -0.2) is 50.5 Å². The number of nitrogens with one attached hydrogen (secondary N) is 1. The maximum atomic E-state index is 12.5. The van der Waals surface area contributed by atoms with Gasteiger partial charge in [-0.05, 0) is 31.0 Å². The first-order valence-corrected chi connectivity index (χ1v) is 7.98. The number of hydrogen-bond acceptors (Lipinski definition) is 5. The summed E-state index contributed by atoms with van der Waals surface area (Å²) in [5.41, 5.74) is -0.0317. The molecule has 0 saturated carbocycles. The van der Waals surface area contributed by atoms with E-state index in [1.807, 2.05) is 12.1 Å². The Bertz CT molecular complexity index is 603. The number of carbonyl (C=O) groups excluding carboxylic acids is 1. The Labute approximate surface area is 148 Å². The molecule has 25 heavy (non-hydrogen) atoms. The topological polar surface area (TPSA) is 94.1 Å². The van der Waals surface area contributed by atoms with Crippen molar-refractivity contribution in [2.45, 2.75) is 32.2 Å². The third-order valence-electron chi connectivity index (χ3n) is 3.87. The van der Waals surface area contributed by atoms with E-state index in [4.69, 9.17) is 19.3 Å². The summed E-state index contributed by atoms with van der Waals surface area (Å²) < 4.78 is 15.5. The van der Waals surface area contributed by atoms with Gasteiger partial charge in [0.1, 0.15) is 0 Å². The van der Waals surface area contributed by atoms with Gasteiger partial charge < -0.3 is 24.6 Å². The number of carbonyl (C=O) groups is 2. The third kappa shape index (κ3) is 6.26. The van der Waals surface area contributed by atoms with Gasteiger partial charge in [-0.3, -0.25) is 9.59 Å². The smallest absolute Gasteiger partial charge is 0.305 e. The number of carboxylic acid groups (broad SMARTS) is 1. The van der Waals surface area contributed by atoms with Crippen LogP contribution in [0, 0.1) is 5.92 Å². The first kappa shape index (κ1) is 20.8. The van der Waals surface area contributed by atoms with Crippen molar-refractivity contribution in [2.75, 3.05) is 27.9 Å². The zero-order chi connectivity index (χ0) is 19.0. The Kier molecular flexibility index (Phi) is 7.70. The van der Waals surface area contributed by atoms with Crippen molar-refractivity contribution in [3.05, 3.63) is 23.8 Å². The second kappa shape index (κ2) is 9.27.